The second kappa shape index (κ2) is 5.81. The highest BCUT2D eigenvalue weighted by Crippen LogP contribution is 2.36. The van der Waals surface area contributed by atoms with E-state index in [0.717, 1.165) is 21.0 Å². The van der Waals surface area contributed by atoms with Crippen LogP contribution in [0.1, 0.15) is 23.9 Å². The number of hydrogen-bond acceptors (Lipinski definition) is 4. The number of benzene rings is 3. The van der Waals surface area contributed by atoms with Crippen molar-refractivity contribution in [1.82, 2.24) is 9.97 Å². The molecule has 0 spiro atoms. The van der Waals surface area contributed by atoms with E-state index in [1.165, 1.54) is 30.9 Å². The first kappa shape index (κ1) is 15.3. The van der Waals surface area contributed by atoms with Gasteiger partial charge in [-0.15, -0.1) is 22.7 Å². The van der Waals surface area contributed by atoms with Crippen molar-refractivity contribution in [2.75, 3.05) is 0 Å². The van der Waals surface area contributed by atoms with Crippen LogP contribution < -0.4 is 0 Å². The van der Waals surface area contributed by atoms with E-state index >= 15 is 0 Å². The fourth-order valence-electron chi connectivity index (χ4n) is 3.32. The minimum Gasteiger partial charge on any atom is -0.227 e. The second-order valence-corrected chi connectivity index (χ2v) is 7.93. The van der Waals surface area contributed by atoms with Crippen LogP contribution in [0.4, 0.5) is 0 Å². The average molecular weight is 368 g/mol. The van der Waals surface area contributed by atoms with Gasteiger partial charge in [0, 0.05) is 10.8 Å². The van der Waals surface area contributed by atoms with Crippen LogP contribution in [0.5, 0.6) is 0 Å². The molecule has 0 bridgehead atoms. The summed E-state index contributed by atoms with van der Waals surface area (Å²) in [4.78, 5) is 9.48. The zero-order chi connectivity index (χ0) is 17.7. The summed E-state index contributed by atoms with van der Waals surface area (Å²) in [6.45, 7) is 3.68. The molecular formula is C22H12N2S2. The minimum absolute atomic E-state index is 0.868. The van der Waals surface area contributed by atoms with Crippen LogP contribution in [0.2, 0.25) is 0 Å². The summed E-state index contributed by atoms with van der Waals surface area (Å²) >= 11 is 3.29. The second-order valence-electron chi connectivity index (χ2n) is 5.87. The molecule has 0 unspecified atom stereocenters. The Hall–Kier alpha value is -2.92. The van der Waals surface area contributed by atoms with Gasteiger partial charge in [-0.25, -0.2) is 9.97 Å². The Labute approximate surface area is 158 Å². The maximum atomic E-state index is 4.74. The van der Waals surface area contributed by atoms with Crippen LogP contribution in [0.25, 0.3) is 42.0 Å². The fourth-order valence-corrected chi connectivity index (χ4v) is 5.10. The summed E-state index contributed by atoms with van der Waals surface area (Å²) in [6.07, 6.45) is 0. The van der Waals surface area contributed by atoms with Gasteiger partial charge in [0.25, 0.3) is 0 Å². The number of rotatable bonds is 0. The van der Waals surface area contributed by atoms with E-state index in [1.807, 2.05) is 13.8 Å². The average Bonchev–Trinajstić information content (AvgIpc) is 3.24. The van der Waals surface area contributed by atoms with Crippen LogP contribution in [0.3, 0.4) is 0 Å². The lowest BCUT2D eigenvalue weighted by atomic mass is 10.0. The molecule has 0 amide bonds. The highest BCUT2D eigenvalue weighted by Gasteiger charge is 2.12. The molecule has 2 heterocycles. The maximum Gasteiger partial charge on any atom is 0.168 e. The van der Waals surface area contributed by atoms with Gasteiger partial charge in [0.1, 0.15) is 0 Å². The predicted molar refractivity (Wildman–Crippen MR) is 113 cm³/mol. The van der Waals surface area contributed by atoms with E-state index in [2.05, 4.69) is 60.1 Å². The standard InChI is InChI=1S/C22H12N2S2/c1-3-5-19-23-21-15-7-8-16-14(13(15)9-11-17(21)25-19)10-12-18-22(16)24-20(26-18)6-4-2/h7-12H,1-2H3. The van der Waals surface area contributed by atoms with Crippen molar-refractivity contribution in [2.24, 2.45) is 0 Å². The summed E-state index contributed by atoms with van der Waals surface area (Å²) in [7, 11) is 0. The zero-order valence-electron chi connectivity index (χ0n) is 14.2. The molecule has 0 aliphatic rings. The summed E-state index contributed by atoms with van der Waals surface area (Å²) in [5.41, 5.74) is 2.06. The Kier molecular flexibility index (Phi) is 3.43. The van der Waals surface area contributed by atoms with Crippen molar-refractivity contribution in [3.63, 3.8) is 0 Å². The van der Waals surface area contributed by atoms with Crippen molar-refractivity contribution in [3.8, 4) is 23.7 Å². The molecule has 4 heteroatoms. The molecular weight excluding hydrogens is 356 g/mol. The van der Waals surface area contributed by atoms with Gasteiger partial charge in [-0.3, -0.25) is 0 Å². The molecule has 0 saturated heterocycles. The monoisotopic (exact) mass is 368 g/mol. The molecule has 0 N–H and O–H groups in total. The molecule has 5 rings (SSSR count). The third kappa shape index (κ3) is 2.21. The molecule has 0 radical (unpaired) electrons. The van der Waals surface area contributed by atoms with Gasteiger partial charge in [0.15, 0.2) is 10.0 Å². The van der Waals surface area contributed by atoms with Crippen LogP contribution >= 0.6 is 22.7 Å². The van der Waals surface area contributed by atoms with Gasteiger partial charge < -0.3 is 0 Å². The van der Waals surface area contributed by atoms with Crippen molar-refractivity contribution in [1.29, 1.82) is 0 Å². The van der Waals surface area contributed by atoms with Crippen molar-refractivity contribution in [3.05, 3.63) is 46.4 Å². The highest BCUT2D eigenvalue weighted by molar-refractivity contribution is 7.19. The van der Waals surface area contributed by atoms with Crippen LogP contribution in [0, 0.1) is 23.7 Å². The molecule has 5 aromatic rings. The number of fused-ring (bicyclic) bond motifs is 7. The molecule has 0 saturated carbocycles. The van der Waals surface area contributed by atoms with Gasteiger partial charge in [-0.05, 0) is 48.6 Å². The molecule has 0 aliphatic carbocycles. The Balaban J connectivity index is 1.88. The number of nitrogens with zero attached hydrogens (tertiary/aromatic N) is 2. The lowest BCUT2D eigenvalue weighted by Crippen LogP contribution is -1.81. The third-order valence-corrected chi connectivity index (χ3v) is 6.24. The Morgan fingerprint density at radius 1 is 0.615 bits per heavy atom. The number of thiazole rings is 2. The van der Waals surface area contributed by atoms with Crippen LogP contribution in [0.15, 0.2) is 36.4 Å². The van der Waals surface area contributed by atoms with Crippen LogP contribution in [-0.2, 0) is 0 Å². The van der Waals surface area contributed by atoms with E-state index < -0.39 is 0 Å². The van der Waals surface area contributed by atoms with E-state index in [9.17, 15) is 0 Å². The van der Waals surface area contributed by atoms with Crippen LogP contribution in [-0.4, -0.2) is 9.97 Å². The predicted octanol–water partition coefficient (Wildman–Crippen LogP) is 5.96. The quantitative estimate of drug-likeness (QED) is 0.249. The lowest BCUT2D eigenvalue weighted by molar-refractivity contribution is 1.46. The van der Waals surface area contributed by atoms with Crippen molar-refractivity contribution >= 4 is 64.7 Å². The topological polar surface area (TPSA) is 25.8 Å². The van der Waals surface area contributed by atoms with Gasteiger partial charge in [0.05, 0.1) is 20.4 Å². The smallest absolute Gasteiger partial charge is 0.168 e. The van der Waals surface area contributed by atoms with Crippen molar-refractivity contribution < 1.29 is 0 Å². The normalized spacial score (nSPS) is 10.8. The van der Waals surface area contributed by atoms with Gasteiger partial charge in [0.2, 0.25) is 0 Å². The first-order valence-electron chi connectivity index (χ1n) is 8.19. The van der Waals surface area contributed by atoms with E-state index in [0.29, 0.717) is 0 Å². The molecule has 2 nitrogen and oxygen atoms in total. The Bertz CT molecular complexity index is 1350. The summed E-state index contributed by atoms with van der Waals surface area (Å²) < 4.78 is 2.34. The highest BCUT2D eigenvalue weighted by atomic mass is 32.1. The first-order valence-corrected chi connectivity index (χ1v) is 9.83. The molecule has 2 aromatic heterocycles. The Morgan fingerprint density at radius 2 is 1.04 bits per heavy atom. The van der Waals surface area contributed by atoms with Gasteiger partial charge in [-0.1, -0.05) is 36.1 Å². The number of aromatic nitrogens is 2. The Morgan fingerprint density at radius 3 is 1.46 bits per heavy atom. The van der Waals surface area contributed by atoms with Gasteiger partial charge >= 0.3 is 0 Å². The first-order chi connectivity index (χ1) is 12.8. The van der Waals surface area contributed by atoms with E-state index in [4.69, 9.17) is 9.97 Å². The van der Waals surface area contributed by atoms with E-state index in [1.54, 1.807) is 22.7 Å². The summed E-state index contributed by atoms with van der Waals surface area (Å²) in [5, 5.41) is 6.47. The third-order valence-electron chi connectivity index (χ3n) is 4.37. The fraction of sp³-hybridized carbons (Fsp3) is 0.0909. The summed E-state index contributed by atoms with van der Waals surface area (Å²) in [5.74, 6) is 12.0. The zero-order valence-corrected chi connectivity index (χ0v) is 15.8. The molecule has 0 aliphatic heterocycles. The molecule has 26 heavy (non-hydrogen) atoms. The number of hydrogen-bond donors (Lipinski definition) is 0. The summed E-state index contributed by atoms with van der Waals surface area (Å²) in [6, 6.07) is 13.0. The largest absolute Gasteiger partial charge is 0.227 e. The molecule has 0 fully saturated rings. The lowest BCUT2D eigenvalue weighted by Gasteiger charge is -2.05. The van der Waals surface area contributed by atoms with Gasteiger partial charge in [-0.2, -0.15) is 0 Å². The van der Waals surface area contributed by atoms with Crippen molar-refractivity contribution in [2.45, 2.75) is 13.8 Å². The molecule has 122 valence electrons. The molecule has 3 aromatic carbocycles. The minimum atomic E-state index is 0.868. The SMILES string of the molecule is CC#Cc1nc2c(ccc3c4ccc5sc(C#CC)nc5c4ccc32)s1. The maximum absolute atomic E-state index is 4.74. The van der Waals surface area contributed by atoms with E-state index in [-0.39, 0.29) is 0 Å². The molecule has 0 atom stereocenters.